The highest BCUT2D eigenvalue weighted by molar-refractivity contribution is 5.90. The van der Waals surface area contributed by atoms with Gasteiger partial charge in [0.1, 0.15) is 11.5 Å². The van der Waals surface area contributed by atoms with Gasteiger partial charge in [-0.05, 0) is 64.9 Å². The Kier molecular flexibility index (Phi) is 8.29. The highest BCUT2D eigenvalue weighted by Crippen LogP contribution is 2.38. The molecule has 0 aliphatic rings. The monoisotopic (exact) mass is 532 g/mol. The van der Waals surface area contributed by atoms with E-state index in [2.05, 4.69) is 62.8 Å². The second-order valence-corrected chi connectivity index (χ2v) is 11.7. The van der Waals surface area contributed by atoms with Crippen LogP contribution in [0.1, 0.15) is 63.8 Å². The quantitative estimate of drug-likeness (QED) is 0.191. The summed E-state index contributed by atoms with van der Waals surface area (Å²) in [7, 11) is 0. The lowest BCUT2D eigenvalue weighted by Crippen LogP contribution is -2.17. The number of aromatic hydroxyl groups is 2. The first-order valence-electron chi connectivity index (χ1n) is 13.3. The molecule has 4 aromatic rings. The van der Waals surface area contributed by atoms with Crippen molar-refractivity contribution in [1.29, 1.82) is 0 Å². The maximum atomic E-state index is 11.1. The number of phenolic OH excluding ortho intramolecular Hbond substituents is 2. The van der Waals surface area contributed by atoms with Crippen LogP contribution in [0.15, 0.2) is 105 Å². The molecule has 0 unspecified atom stereocenters. The molecule has 0 bridgehead atoms. The first-order valence-corrected chi connectivity index (χ1v) is 13.3. The van der Waals surface area contributed by atoms with Gasteiger partial charge in [-0.25, -0.2) is 0 Å². The normalized spacial score (nSPS) is 12.7. The second-order valence-electron chi connectivity index (χ2n) is 11.7. The van der Waals surface area contributed by atoms with Crippen LogP contribution in [0, 0.1) is 0 Å². The maximum Gasteiger partial charge on any atom is 0.128 e. The number of nitrogens with zero attached hydrogens (tertiary/aromatic N) is 4. The molecule has 0 saturated carbocycles. The molecular formula is C34H36N4O2. The van der Waals surface area contributed by atoms with Gasteiger partial charge in [-0.1, -0.05) is 77.9 Å². The Morgan fingerprint density at radius 1 is 0.575 bits per heavy atom. The lowest BCUT2D eigenvalue weighted by molar-refractivity contribution is 0.444. The SMILES string of the molecule is CC(C)(C)c1cc(C=Nc2ccccc2N=Cc2cc(N=Nc3ccccc3)ccc2O)c(O)c(C(C)(C)C)c1. The van der Waals surface area contributed by atoms with E-state index in [-0.39, 0.29) is 22.3 Å². The van der Waals surface area contributed by atoms with E-state index >= 15 is 0 Å². The minimum absolute atomic E-state index is 0.0852. The van der Waals surface area contributed by atoms with Gasteiger partial charge in [0.2, 0.25) is 0 Å². The predicted octanol–water partition coefficient (Wildman–Crippen LogP) is 9.61. The van der Waals surface area contributed by atoms with Crippen LogP contribution < -0.4 is 0 Å². The molecule has 204 valence electrons. The van der Waals surface area contributed by atoms with Crippen LogP contribution in [0.4, 0.5) is 22.7 Å². The lowest BCUT2D eigenvalue weighted by atomic mass is 9.79. The van der Waals surface area contributed by atoms with Crippen LogP contribution >= 0.6 is 0 Å². The van der Waals surface area contributed by atoms with E-state index in [1.165, 1.54) is 0 Å². The van der Waals surface area contributed by atoms with E-state index < -0.39 is 0 Å². The smallest absolute Gasteiger partial charge is 0.128 e. The Labute approximate surface area is 236 Å². The van der Waals surface area contributed by atoms with E-state index in [4.69, 9.17) is 4.99 Å². The fourth-order valence-electron chi connectivity index (χ4n) is 4.04. The summed E-state index contributed by atoms with van der Waals surface area (Å²) >= 11 is 0. The number of aliphatic imine (C=N–C) groups is 2. The Morgan fingerprint density at radius 2 is 1.15 bits per heavy atom. The summed E-state index contributed by atoms with van der Waals surface area (Å²) < 4.78 is 0. The fraction of sp³-hybridized carbons (Fsp3) is 0.235. The number of azo groups is 1. The van der Waals surface area contributed by atoms with E-state index in [0.29, 0.717) is 28.2 Å². The molecule has 0 heterocycles. The molecule has 40 heavy (non-hydrogen) atoms. The van der Waals surface area contributed by atoms with Crippen LogP contribution in [-0.2, 0) is 10.8 Å². The zero-order valence-corrected chi connectivity index (χ0v) is 23.9. The van der Waals surface area contributed by atoms with Gasteiger partial charge in [-0.2, -0.15) is 10.2 Å². The summed E-state index contributed by atoms with van der Waals surface area (Å²) in [4.78, 5) is 9.32. The van der Waals surface area contributed by atoms with Crippen molar-refractivity contribution < 1.29 is 10.2 Å². The van der Waals surface area contributed by atoms with Crippen molar-refractivity contribution >= 4 is 35.2 Å². The average molecular weight is 533 g/mol. The fourth-order valence-corrected chi connectivity index (χ4v) is 4.04. The topological polar surface area (TPSA) is 89.9 Å². The van der Waals surface area contributed by atoms with Gasteiger partial charge in [0.05, 0.1) is 22.7 Å². The maximum absolute atomic E-state index is 11.1. The highest BCUT2D eigenvalue weighted by Gasteiger charge is 2.24. The Balaban J connectivity index is 1.65. The van der Waals surface area contributed by atoms with Crippen LogP contribution in [0.2, 0.25) is 0 Å². The van der Waals surface area contributed by atoms with Crippen molar-refractivity contribution in [2.24, 2.45) is 20.2 Å². The lowest BCUT2D eigenvalue weighted by Gasteiger charge is -2.27. The molecule has 0 aromatic heterocycles. The summed E-state index contributed by atoms with van der Waals surface area (Å²) in [6.45, 7) is 12.7. The number of para-hydroxylation sites is 2. The van der Waals surface area contributed by atoms with Crippen molar-refractivity contribution in [3.05, 3.63) is 107 Å². The van der Waals surface area contributed by atoms with Crippen molar-refractivity contribution in [2.45, 2.75) is 52.4 Å². The molecule has 6 nitrogen and oxygen atoms in total. The molecule has 4 rings (SSSR count). The Morgan fingerprint density at radius 3 is 1.75 bits per heavy atom. The van der Waals surface area contributed by atoms with Crippen molar-refractivity contribution in [1.82, 2.24) is 0 Å². The molecule has 0 saturated heterocycles. The summed E-state index contributed by atoms with van der Waals surface area (Å²) in [6, 6.07) is 26.0. The van der Waals surface area contributed by atoms with E-state index in [1.54, 1.807) is 30.6 Å². The van der Waals surface area contributed by atoms with E-state index in [1.807, 2.05) is 60.7 Å². The van der Waals surface area contributed by atoms with Crippen molar-refractivity contribution in [3.8, 4) is 11.5 Å². The second kappa shape index (κ2) is 11.7. The first kappa shape index (κ1) is 28.4. The van der Waals surface area contributed by atoms with Gasteiger partial charge < -0.3 is 10.2 Å². The zero-order valence-electron chi connectivity index (χ0n) is 23.9. The summed E-state index contributed by atoms with van der Waals surface area (Å²) in [5.74, 6) is 0.318. The first-order chi connectivity index (χ1) is 18.9. The van der Waals surface area contributed by atoms with Gasteiger partial charge >= 0.3 is 0 Å². The van der Waals surface area contributed by atoms with E-state index in [0.717, 1.165) is 16.8 Å². The average Bonchev–Trinajstić information content (AvgIpc) is 2.91. The summed E-state index contributed by atoms with van der Waals surface area (Å²) in [5.41, 5.74) is 5.45. The van der Waals surface area contributed by atoms with Gasteiger partial charge in [0, 0.05) is 29.1 Å². The van der Waals surface area contributed by atoms with Gasteiger partial charge in [-0.3, -0.25) is 9.98 Å². The number of phenols is 2. The van der Waals surface area contributed by atoms with Gasteiger partial charge in [-0.15, -0.1) is 0 Å². The molecule has 0 spiro atoms. The van der Waals surface area contributed by atoms with Crippen molar-refractivity contribution in [3.63, 3.8) is 0 Å². The standard InChI is InChI=1S/C34H36N4O2/c1-33(2,3)25-18-24(32(40)28(20-25)34(4,5)6)22-36-30-15-11-10-14-29(30)35-21-23-19-27(16-17-31(23)39)38-37-26-12-8-7-9-13-26/h7-22,39-40H,1-6H3. The molecule has 0 radical (unpaired) electrons. The number of hydrogen-bond donors (Lipinski definition) is 2. The van der Waals surface area contributed by atoms with Crippen LogP contribution in [0.25, 0.3) is 0 Å². The molecule has 0 amide bonds. The zero-order chi connectivity index (χ0) is 28.9. The third-order valence-electron chi connectivity index (χ3n) is 6.43. The molecule has 0 aliphatic heterocycles. The minimum atomic E-state index is -0.229. The van der Waals surface area contributed by atoms with Crippen LogP contribution in [-0.4, -0.2) is 22.6 Å². The number of hydrogen-bond acceptors (Lipinski definition) is 6. The third-order valence-corrected chi connectivity index (χ3v) is 6.43. The number of benzene rings is 4. The Hall–Kier alpha value is -4.58. The minimum Gasteiger partial charge on any atom is -0.507 e. The molecule has 0 aliphatic carbocycles. The molecule has 0 atom stereocenters. The molecular weight excluding hydrogens is 496 g/mol. The van der Waals surface area contributed by atoms with Crippen molar-refractivity contribution in [2.75, 3.05) is 0 Å². The number of rotatable bonds is 6. The third kappa shape index (κ3) is 7.08. The van der Waals surface area contributed by atoms with Gasteiger partial charge in [0.25, 0.3) is 0 Å². The van der Waals surface area contributed by atoms with Crippen LogP contribution in [0.5, 0.6) is 11.5 Å². The summed E-state index contributed by atoms with van der Waals surface area (Å²) in [6.07, 6.45) is 3.27. The van der Waals surface area contributed by atoms with Gasteiger partial charge in [0.15, 0.2) is 0 Å². The molecule has 6 heteroatoms. The van der Waals surface area contributed by atoms with Crippen LogP contribution in [0.3, 0.4) is 0 Å². The van der Waals surface area contributed by atoms with E-state index in [9.17, 15) is 10.2 Å². The summed E-state index contributed by atoms with van der Waals surface area (Å²) in [5, 5.41) is 30.1. The molecule has 2 N–H and O–H groups in total. The Bertz CT molecular complexity index is 1570. The molecule has 4 aromatic carbocycles. The predicted molar refractivity (Wildman–Crippen MR) is 165 cm³/mol. The largest absolute Gasteiger partial charge is 0.507 e. The highest BCUT2D eigenvalue weighted by atomic mass is 16.3. The molecule has 0 fully saturated rings.